The molecular formula is C10H8BrClN4. The van der Waals surface area contributed by atoms with Crippen LogP contribution in [0.5, 0.6) is 0 Å². The maximum atomic E-state index is 5.99. The van der Waals surface area contributed by atoms with Gasteiger partial charge in [-0.3, -0.25) is 4.57 Å². The summed E-state index contributed by atoms with van der Waals surface area (Å²) in [6, 6.07) is 5.83. The molecule has 0 spiro atoms. The van der Waals surface area contributed by atoms with Crippen molar-refractivity contribution < 1.29 is 0 Å². The smallest absolute Gasteiger partial charge is 0.204 e. The topological polar surface area (TPSA) is 42.7 Å². The molecule has 82 valence electrons. The first-order chi connectivity index (χ1) is 7.75. The van der Waals surface area contributed by atoms with Crippen LogP contribution in [-0.4, -0.2) is 14.8 Å². The Balaban J connectivity index is 2.28. The van der Waals surface area contributed by atoms with Gasteiger partial charge in [0.2, 0.25) is 4.73 Å². The van der Waals surface area contributed by atoms with E-state index in [1.165, 1.54) is 0 Å². The highest BCUT2D eigenvalue weighted by Crippen LogP contribution is 2.25. The molecule has 0 atom stereocenters. The van der Waals surface area contributed by atoms with Crippen LogP contribution >= 0.6 is 27.5 Å². The summed E-state index contributed by atoms with van der Waals surface area (Å²) in [5.41, 5.74) is 2.22. The lowest BCUT2D eigenvalue weighted by atomic mass is 10.2. The summed E-state index contributed by atoms with van der Waals surface area (Å²) in [6.45, 7) is 1.48. The van der Waals surface area contributed by atoms with E-state index < -0.39 is 0 Å². The van der Waals surface area contributed by atoms with Crippen molar-refractivity contribution in [2.24, 2.45) is 0 Å². The lowest BCUT2D eigenvalue weighted by molar-refractivity contribution is 0.674. The lowest BCUT2D eigenvalue weighted by Gasteiger charge is -2.08. The van der Waals surface area contributed by atoms with Crippen LogP contribution < -0.4 is 5.32 Å². The number of fused-ring (bicyclic) bond motifs is 3. The molecule has 16 heavy (non-hydrogen) atoms. The first-order valence-corrected chi connectivity index (χ1v) is 6.02. The molecule has 1 aliphatic rings. The minimum atomic E-state index is 0.699. The van der Waals surface area contributed by atoms with Gasteiger partial charge < -0.3 is 5.32 Å². The first kappa shape index (κ1) is 10.3. The van der Waals surface area contributed by atoms with Crippen molar-refractivity contribution in [3.8, 4) is 5.69 Å². The quantitative estimate of drug-likeness (QED) is 0.811. The fraction of sp³-hybridized carbons (Fsp3) is 0.200. The van der Waals surface area contributed by atoms with Crippen molar-refractivity contribution in [3.63, 3.8) is 0 Å². The molecule has 3 rings (SSSR count). The van der Waals surface area contributed by atoms with Gasteiger partial charge in [0.1, 0.15) is 0 Å². The van der Waals surface area contributed by atoms with Crippen LogP contribution in [0.1, 0.15) is 11.4 Å². The number of hydrogen-bond acceptors (Lipinski definition) is 3. The van der Waals surface area contributed by atoms with Gasteiger partial charge in [-0.05, 0) is 39.7 Å². The summed E-state index contributed by atoms with van der Waals surface area (Å²) in [7, 11) is 0. The molecule has 0 aliphatic carbocycles. The monoisotopic (exact) mass is 298 g/mol. The molecular weight excluding hydrogens is 291 g/mol. The van der Waals surface area contributed by atoms with Gasteiger partial charge in [-0.2, -0.15) is 0 Å². The van der Waals surface area contributed by atoms with E-state index in [-0.39, 0.29) is 0 Å². The highest BCUT2D eigenvalue weighted by Gasteiger charge is 2.17. The van der Waals surface area contributed by atoms with Crippen LogP contribution in [0.3, 0.4) is 0 Å². The summed E-state index contributed by atoms with van der Waals surface area (Å²) in [5, 5.41) is 12.2. The molecule has 1 N–H and O–H groups in total. The number of hydrogen-bond donors (Lipinski definition) is 1. The van der Waals surface area contributed by atoms with Crippen molar-refractivity contribution in [1.29, 1.82) is 0 Å². The fourth-order valence-electron chi connectivity index (χ4n) is 1.87. The summed E-state index contributed by atoms with van der Waals surface area (Å²) >= 11 is 9.39. The van der Waals surface area contributed by atoms with Crippen LogP contribution in [0.15, 0.2) is 22.9 Å². The van der Waals surface area contributed by atoms with Gasteiger partial charge in [-0.15, -0.1) is 10.2 Å². The second-order valence-electron chi connectivity index (χ2n) is 3.60. The maximum Gasteiger partial charge on any atom is 0.204 e. The molecule has 1 aliphatic heterocycles. The molecule has 0 fully saturated rings. The number of rotatable bonds is 0. The van der Waals surface area contributed by atoms with Gasteiger partial charge in [0.05, 0.1) is 12.2 Å². The van der Waals surface area contributed by atoms with Crippen molar-refractivity contribution in [3.05, 3.63) is 39.3 Å². The van der Waals surface area contributed by atoms with E-state index in [9.17, 15) is 0 Å². The highest BCUT2D eigenvalue weighted by atomic mass is 79.9. The summed E-state index contributed by atoms with van der Waals surface area (Å²) in [4.78, 5) is 0. The van der Waals surface area contributed by atoms with Gasteiger partial charge in [0, 0.05) is 11.6 Å². The van der Waals surface area contributed by atoms with E-state index in [1.54, 1.807) is 0 Å². The molecule has 0 amide bonds. The van der Waals surface area contributed by atoms with E-state index in [2.05, 4.69) is 31.4 Å². The van der Waals surface area contributed by atoms with Crippen LogP contribution in [0, 0.1) is 0 Å². The average molecular weight is 300 g/mol. The van der Waals surface area contributed by atoms with E-state index in [1.807, 2.05) is 22.8 Å². The molecule has 0 radical (unpaired) electrons. The average Bonchev–Trinajstić information content (AvgIpc) is 2.53. The minimum absolute atomic E-state index is 0.699. The first-order valence-electron chi connectivity index (χ1n) is 4.85. The third kappa shape index (κ3) is 1.55. The Bertz CT molecular complexity index is 552. The molecule has 4 nitrogen and oxygen atoms in total. The van der Waals surface area contributed by atoms with Crippen LogP contribution in [0.4, 0.5) is 0 Å². The molecule has 1 aromatic heterocycles. The van der Waals surface area contributed by atoms with E-state index >= 15 is 0 Å². The maximum absolute atomic E-state index is 5.99. The number of benzene rings is 1. The van der Waals surface area contributed by atoms with Crippen molar-refractivity contribution in [1.82, 2.24) is 20.1 Å². The summed E-state index contributed by atoms with van der Waals surface area (Å²) < 4.78 is 2.71. The Morgan fingerprint density at radius 2 is 2.19 bits per heavy atom. The molecule has 0 saturated carbocycles. The van der Waals surface area contributed by atoms with Gasteiger partial charge in [-0.25, -0.2) is 0 Å². The van der Waals surface area contributed by atoms with E-state index in [0.29, 0.717) is 6.54 Å². The third-order valence-corrected chi connectivity index (χ3v) is 3.32. The van der Waals surface area contributed by atoms with Crippen molar-refractivity contribution in [2.45, 2.75) is 13.1 Å². The number of nitrogens with zero attached hydrogens (tertiary/aromatic N) is 3. The molecule has 1 aromatic carbocycles. The Hall–Kier alpha value is -0.910. The van der Waals surface area contributed by atoms with Crippen molar-refractivity contribution >= 4 is 27.5 Å². The predicted octanol–water partition coefficient (Wildman–Crippen LogP) is 2.29. The molecule has 0 saturated heterocycles. The van der Waals surface area contributed by atoms with Crippen LogP contribution in [-0.2, 0) is 13.1 Å². The van der Waals surface area contributed by atoms with Gasteiger partial charge in [0.25, 0.3) is 0 Å². The second kappa shape index (κ2) is 3.84. The SMILES string of the molecule is Clc1ccc2c(c1)CNCc1nnc(Br)n1-2. The Morgan fingerprint density at radius 3 is 3.06 bits per heavy atom. The molecule has 2 aromatic rings. The molecule has 0 bridgehead atoms. The zero-order valence-corrected chi connectivity index (χ0v) is 10.6. The zero-order chi connectivity index (χ0) is 11.1. The zero-order valence-electron chi connectivity index (χ0n) is 8.24. The standard InChI is InChI=1S/C10H8BrClN4/c11-10-15-14-9-5-13-4-6-3-7(12)1-2-8(6)16(9)10/h1-3,13H,4-5H2. The van der Waals surface area contributed by atoms with Gasteiger partial charge in [0.15, 0.2) is 5.82 Å². The van der Waals surface area contributed by atoms with Crippen LogP contribution in [0.25, 0.3) is 5.69 Å². The minimum Gasteiger partial charge on any atom is -0.306 e. The summed E-state index contributed by atoms with van der Waals surface area (Å²) in [5.74, 6) is 0.896. The number of aromatic nitrogens is 3. The molecule has 2 heterocycles. The van der Waals surface area contributed by atoms with Gasteiger partial charge in [-0.1, -0.05) is 11.6 Å². The van der Waals surface area contributed by atoms with E-state index in [4.69, 9.17) is 11.6 Å². The Morgan fingerprint density at radius 1 is 1.31 bits per heavy atom. The molecule has 6 heteroatoms. The van der Waals surface area contributed by atoms with E-state index in [0.717, 1.165) is 33.4 Å². The fourth-order valence-corrected chi connectivity index (χ4v) is 2.54. The normalized spacial score (nSPS) is 14.1. The second-order valence-corrected chi connectivity index (χ2v) is 4.74. The highest BCUT2D eigenvalue weighted by molar-refractivity contribution is 9.10. The summed E-state index contributed by atoms with van der Waals surface area (Å²) in [6.07, 6.45) is 0. The molecule has 0 unspecified atom stereocenters. The third-order valence-electron chi connectivity index (χ3n) is 2.57. The largest absolute Gasteiger partial charge is 0.306 e. The number of nitrogens with one attached hydrogen (secondary N) is 1. The van der Waals surface area contributed by atoms with Crippen LogP contribution in [0.2, 0.25) is 5.02 Å². The lowest BCUT2D eigenvalue weighted by Crippen LogP contribution is -2.11. The van der Waals surface area contributed by atoms with Gasteiger partial charge >= 0.3 is 0 Å². The van der Waals surface area contributed by atoms with Crippen molar-refractivity contribution in [2.75, 3.05) is 0 Å². The Labute approximate surface area is 106 Å². The predicted molar refractivity (Wildman–Crippen MR) is 64.6 cm³/mol. The number of halogens is 2. The Kier molecular flexibility index (Phi) is 2.46.